The van der Waals surface area contributed by atoms with Crippen molar-refractivity contribution in [2.24, 2.45) is 10.2 Å². The number of nitrogens with zero attached hydrogens (tertiary/aromatic N) is 6. The summed E-state index contributed by atoms with van der Waals surface area (Å²) < 4.78 is 29.3. The average molecular weight is 705 g/mol. The molecule has 49 heavy (non-hydrogen) atoms. The minimum Gasteiger partial charge on any atom is -0.428 e. The molecule has 0 heterocycles. The Hall–Kier alpha value is -6.60. The summed E-state index contributed by atoms with van der Waals surface area (Å²) in [6.07, 6.45) is -0.309. The zero-order valence-corrected chi connectivity index (χ0v) is 27.8. The molecule has 0 radical (unpaired) electrons. The van der Waals surface area contributed by atoms with Crippen LogP contribution in [0.4, 0.5) is 9.59 Å². The van der Waals surface area contributed by atoms with Crippen LogP contribution >= 0.6 is 0 Å². The van der Waals surface area contributed by atoms with Crippen molar-refractivity contribution in [3.05, 3.63) is 46.2 Å². The molecular formula is C26H36N6O17. The van der Waals surface area contributed by atoms with Crippen LogP contribution in [0.3, 0.4) is 0 Å². The highest BCUT2D eigenvalue weighted by molar-refractivity contribution is 5.95. The van der Waals surface area contributed by atoms with E-state index in [1.807, 2.05) is 0 Å². The van der Waals surface area contributed by atoms with Gasteiger partial charge in [-0.3, -0.25) is 28.8 Å². The molecule has 0 atom stereocenters. The molecule has 0 fully saturated rings. The van der Waals surface area contributed by atoms with Gasteiger partial charge < -0.3 is 33.2 Å². The minimum absolute atomic E-state index is 0.0625. The monoisotopic (exact) mass is 704 g/mol. The maximum absolute atomic E-state index is 11.0. The van der Waals surface area contributed by atoms with E-state index in [1.54, 1.807) is 41.5 Å². The fraction of sp³-hybridized carbons (Fsp3) is 0.462. The number of hydrogen-bond donors (Lipinski definition) is 0. The van der Waals surface area contributed by atoms with Gasteiger partial charge in [0.05, 0.1) is 0 Å². The van der Waals surface area contributed by atoms with Crippen LogP contribution in [0.5, 0.6) is 0 Å². The Kier molecular flexibility index (Phi) is 33.3. The predicted molar refractivity (Wildman–Crippen MR) is 160 cm³/mol. The van der Waals surface area contributed by atoms with E-state index in [9.17, 15) is 38.4 Å². The molecule has 0 unspecified atom stereocenters. The quantitative estimate of drug-likeness (QED) is 0.0510. The summed E-state index contributed by atoms with van der Waals surface area (Å²) in [4.78, 5) is 106. The molecule has 0 bridgehead atoms. The van der Waals surface area contributed by atoms with Crippen LogP contribution in [-0.4, -0.2) is 85.4 Å². The summed E-state index contributed by atoms with van der Waals surface area (Å²) >= 11 is 0. The normalized spacial score (nSPS) is 8.73. The third-order valence-corrected chi connectivity index (χ3v) is 2.63. The third kappa shape index (κ3) is 57.6. The van der Waals surface area contributed by atoms with Gasteiger partial charge in [-0.25, -0.2) is 19.2 Å². The Bertz CT molecular complexity index is 1180. The van der Waals surface area contributed by atoms with E-state index in [-0.39, 0.29) is 12.9 Å². The van der Waals surface area contributed by atoms with Gasteiger partial charge >= 0.3 is 61.1 Å². The Labute approximate surface area is 278 Å². The van der Waals surface area contributed by atoms with Crippen molar-refractivity contribution in [1.82, 2.24) is 0 Å². The minimum atomic E-state index is -1.06. The van der Waals surface area contributed by atoms with Crippen LogP contribution in [0, 0.1) is 0 Å². The van der Waals surface area contributed by atoms with Crippen molar-refractivity contribution in [3.8, 4) is 0 Å². The SMILES string of the molecule is C=CC(=O)OC(=O)C=C.CC(=O)OC(C)=O.CC(C)(C)OC(=O)OC(=O)OC(C)(C)C.O=COC=O.[N-]=[N+]=NCC(=O)OC(=O)CN=[N+]=[N-]. The Balaban J connectivity index is -0.000000173. The van der Waals surface area contributed by atoms with E-state index >= 15 is 0 Å². The molecule has 0 rings (SSSR count). The Morgan fingerprint density at radius 1 is 0.612 bits per heavy atom. The van der Waals surface area contributed by atoms with Crippen LogP contribution in [0.15, 0.2) is 35.5 Å². The molecular weight excluding hydrogens is 668 g/mol. The lowest BCUT2D eigenvalue weighted by molar-refractivity contribution is -0.158. The lowest BCUT2D eigenvalue weighted by atomic mass is 10.2. The standard InChI is InChI=1S/C10H18O5.C6H6O3.C4H4N6O3.C4H6O3.C2H2O3/c1-9(2,3)14-7(11)13-8(12)15-10(4,5)6;1-3-5(7)9-6(8)4-2;5-9-7-1-3(11)13-4(12)2-8-10-6;1-3(5)7-4(2)6;3-1-5-2-4/h1-6H3;3-4H,1-2H2;1-2H2;1-2H3;1-2H. The van der Waals surface area contributed by atoms with Crippen LogP contribution in [-0.2, 0) is 71.5 Å². The summed E-state index contributed by atoms with van der Waals surface area (Å²) in [5.74, 6) is -4.63. The summed E-state index contributed by atoms with van der Waals surface area (Å²) in [5, 5.41) is 5.71. The number of carbonyl (C=O) groups is 10. The van der Waals surface area contributed by atoms with E-state index in [4.69, 9.17) is 30.1 Å². The largest absolute Gasteiger partial charge is 0.519 e. The molecule has 23 nitrogen and oxygen atoms in total. The van der Waals surface area contributed by atoms with Gasteiger partial charge in [0.2, 0.25) is 0 Å². The number of rotatable bonds is 8. The van der Waals surface area contributed by atoms with Crippen molar-refractivity contribution >= 4 is 61.1 Å². The zero-order valence-electron chi connectivity index (χ0n) is 27.8. The number of esters is 6. The van der Waals surface area contributed by atoms with Crippen LogP contribution < -0.4 is 0 Å². The molecule has 0 aromatic heterocycles. The summed E-state index contributed by atoms with van der Waals surface area (Å²) in [6.45, 7) is 17.5. The molecule has 0 amide bonds. The molecule has 0 saturated heterocycles. The first-order valence-electron chi connectivity index (χ1n) is 12.6. The van der Waals surface area contributed by atoms with Crippen molar-refractivity contribution in [2.45, 2.75) is 66.6 Å². The van der Waals surface area contributed by atoms with Crippen LogP contribution in [0.25, 0.3) is 20.9 Å². The smallest absolute Gasteiger partial charge is 0.428 e. The summed E-state index contributed by atoms with van der Waals surface area (Å²) in [6, 6.07) is 0. The second-order valence-corrected chi connectivity index (χ2v) is 9.22. The van der Waals surface area contributed by atoms with Crippen molar-refractivity contribution in [1.29, 1.82) is 0 Å². The number of hydrogen-bond acceptors (Lipinski definition) is 19. The predicted octanol–water partition coefficient (Wildman–Crippen LogP) is 3.39. The molecule has 0 N–H and O–H groups in total. The number of azide groups is 2. The van der Waals surface area contributed by atoms with Crippen LogP contribution in [0.2, 0.25) is 0 Å². The van der Waals surface area contributed by atoms with E-state index in [0.717, 1.165) is 12.2 Å². The van der Waals surface area contributed by atoms with Gasteiger partial charge in [0, 0.05) is 35.8 Å². The van der Waals surface area contributed by atoms with Crippen molar-refractivity contribution < 1.29 is 81.1 Å². The van der Waals surface area contributed by atoms with Gasteiger partial charge in [-0.2, -0.15) is 0 Å². The van der Waals surface area contributed by atoms with E-state index in [2.05, 4.69) is 56.9 Å². The van der Waals surface area contributed by atoms with Crippen molar-refractivity contribution in [3.63, 3.8) is 0 Å². The molecule has 0 saturated carbocycles. The highest BCUT2D eigenvalue weighted by Gasteiger charge is 2.24. The van der Waals surface area contributed by atoms with Gasteiger partial charge in [-0.1, -0.05) is 23.4 Å². The molecule has 0 aliphatic heterocycles. The van der Waals surface area contributed by atoms with Gasteiger partial charge in [0.1, 0.15) is 24.3 Å². The van der Waals surface area contributed by atoms with Crippen LogP contribution in [0.1, 0.15) is 55.4 Å². The third-order valence-electron chi connectivity index (χ3n) is 2.63. The number of carbonyl (C=O) groups excluding carboxylic acids is 10. The average Bonchev–Trinajstić information content (AvgIpc) is 2.93. The molecule has 0 aromatic rings. The zero-order chi connectivity index (χ0) is 39.6. The second-order valence-electron chi connectivity index (χ2n) is 9.22. The lowest BCUT2D eigenvalue weighted by Crippen LogP contribution is -2.29. The Morgan fingerprint density at radius 2 is 0.939 bits per heavy atom. The highest BCUT2D eigenvalue weighted by Crippen LogP contribution is 2.11. The van der Waals surface area contributed by atoms with E-state index in [0.29, 0.717) is 0 Å². The topological polar surface area (TPSA) is 333 Å². The van der Waals surface area contributed by atoms with Gasteiger partial charge in [0.25, 0.3) is 0 Å². The molecule has 0 spiro atoms. The molecule has 0 aromatic carbocycles. The summed E-state index contributed by atoms with van der Waals surface area (Å²) in [5.41, 5.74) is 14.2. The first-order chi connectivity index (χ1) is 22.4. The maximum atomic E-state index is 11.0. The summed E-state index contributed by atoms with van der Waals surface area (Å²) in [7, 11) is 0. The second kappa shape index (κ2) is 31.4. The fourth-order valence-corrected chi connectivity index (χ4v) is 1.39. The van der Waals surface area contributed by atoms with Gasteiger partial charge in [-0.15, -0.1) is 0 Å². The molecule has 23 heteroatoms. The maximum Gasteiger partial charge on any atom is 0.519 e. The first-order valence-corrected chi connectivity index (χ1v) is 12.6. The van der Waals surface area contributed by atoms with E-state index < -0.39 is 72.4 Å². The highest BCUT2D eigenvalue weighted by atomic mass is 16.8. The van der Waals surface area contributed by atoms with Crippen molar-refractivity contribution in [2.75, 3.05) is 13.1 Å². The Morgan fingerprint density at radius 3 is 1.12 bits per heavy atom. The molecule has 272 valence electrons. The molecule has 0 aliphatic rings. The fourth-order valence-electron chi connectivity index (χ4n) is 1.39. The molecule has 0 aliphatic carbocycles. The van der Waals surface area contributed by atoms with Gasteiger partial charge in [-0.05, 0) is 52.6 Å². The first kappa shape index (κ1) is 52.0. The lowest BCUT2D eigenvalue weighted by Gasteiger charge is -2.20. The van der Waals surface area contributed by atoms with E-state index in [1.165, 1.54) is 13.8 Å². The van der Waals surface area contributed by atoms with Gasteiger partial charge in [0.15, 0.2) is 0 Å². The number of ether oxygens (including phenoxy) is 7.